The number of nitrogens with one attached hydrogen (secondary N) is 2. The van der Waals surface area contributed by atoms with Crippen molar-refractivity contribution in [3.63, 3.8) is 0 Å². The lowest BCUT2D eigenvalue weighted by Crippen LogP contribution is -2.47. The van der Waals surface area contributed by atoms with Crippen molar-refractivity contribution >= 4 is 28.7 Å². The summed E-state index contributed by atoms with van der Waals surface area (Å²) in [5, 5.41) is 14.8. The Morgan fingerprint density at radius 3 is 2.16 bits per heavy atom. The maximum absolute atomic E-state index is 13.6. The van der Waals surface area contributed by atoms with Crippen LogP contribution < -0.4 is 5.32 Å². The number of thioether (sulfide) groups is 1. The number of hydrogen-bond donors (Lipinski definition) is 3. The number of amides is 1. The van der Waals surface area contributed by atoms with Gasteiger partial charge in [-0.3, -0.25) is 4.79 Å². The first-order valence-corrected chi connectivity index (χ1v) is 11.6. The molecule has 1 unspecified atom stereocenters. The summed E-state index contributed by atoms with van der Waals surface area (Å²) in [5.41, 5.74) is 0.995. The second kappa shape index (κ2) is 9.37. The highest BCUT2D eigenvalue weighted by Gasteiger charge is 2.41. The molecule has 158 valence electrons. The first-order chi connectivity index (χ1) is 15.1. The molecular formula is C25H25N3O2S. The fourth-order valence-corrected chi connectivity index (χ4v) is 4.17. The smallest absolute Gasteiger partial charge is 0.262 e. The molecule has 0 spiro atoms. The molecule has 3 aromatic carbocycles. The van der Waals surface area contributed by atoms with Crippen molar-refractivity contribution in [2.24, 2.45) is 0 Å². The average molecular weight is 432 g/mol. The highest BCUT2D eigenvalue weighted by atomic mass is 32.2. The Labute approximate surface area is 185 Å². The number of aromatic nitrogens is 2. The maximum atomic E-state index is 13.6. The van der Waals surface area contributed by atoms with Gasteiger partial charge < -0.3 is 15.4 Å². The van der Waals surface area contributed by atoms with Crippen molar-refractivity contribution in [3.8, 4) is 0 Å². The zero-order valence-corrected chi connectivity index (χ0v) is 18.1. The van der Waals surface area contributed by atoms with Gasteiger partial charge in [0.1, 0.15) is 5.82 Å². The third-order valence-electron chi connectivity index (χ3n) is 5.37. The van der Waals surface area contributed by atoms with Crippen LogP contribution in [0.3, 0.4) is 0 Å². The van der Waals surface area contributed by atoms with Crippen LogP contribution in [0.1, 0.15) is 29.4 Å². The van der Waals surface area contributed by atoms with Gasteiger partial charge in [-0.1, -0.05) is 72.8 Å². The van der Waals surface area contributed by atoms with Crippen molar-refractivity contribution in [2.45, 2.75) is 18.1 Å². The van der Waals surface area contributed by atoms with Crippen molar-refractivity contribution in [3.05, 3.63) is 102 Å². The van der Waals surface area contributed by atoms with Gasteiger partial charge in [0.25, 0.3) is 5.91 Å². The Bertz CT molecular complexity index is 1070. The summed E-state index contributed by atoms with van der Waals surface area (Å²) >= 11 is 1.70. The van der Waals surface area contributed by atoms with E-state index in [0.29, 0.717) is 23.4 Å². The van der Waals surface area contributed by atoms with E-state index < -0.39 is 11.5 Å². The van der Waals surface area contributed by atoms with E-state index in [1.54, 1.807) is 36.0 Å². The molecule has 4 rings (SSSR count). The van der Waals surface area contributed by atoms with Gasteiger partial charge in [-0.25, -0.2) is 4.98 Å². The number of imidazole rings is 1. The number of carbonyl (C=O) groups is 1. The Morgan fingerprint density at radius 1 is 1.00 bits per heavy atom. The average Bonchev–Trinajstić information content (AvgIpc) is 3.26. The molecule has 0 aliphatic rings. The number of rotatable bonds is 8. The normalized spacial score (nSPS) is 12.6. The summed E-state index contributed by atoms with van der Waals surface area (Å²) in [5.74, 6) is 1.06. The van der Waals surface area contributed by atoms with Crippen molar-refractivity contribution in [1.29, 1.82) is 0 Å². The third kappa shape index (κ3) is 4.36. The molecule has 1 aromatic heterocycles. The molecular weight excluding hydrogens is 406 g/mol. The molecule has 0 saturated heterocycles. The molecule has 0 bridgehead atoms. The lowest BCUT2D eigenvalue weighted by Gasteiger charge is -2.30. The number of para-hydroxylation sites is 2. The van der Waals surface area contributed by atoms with E-state index in [0.717, 1.165) is 16.8 Å². The first-order valence-electron chi connectivity index (χ1n) is 10.2. The number of aromatic amines is 1. The molecule has 3 N–H and O–H groups in total. The van der Waals surface area contributed by atoms with Gasteiger partial charge in [0.05, 0.1) is 17.1 Å². The standard InChI is InChI=1S/C25H25N3O2S/c1-31-17-16-22(23-26-20-14-8-9-15-21(20)27-23)28-24(29)25(30,18-10-4-2-5-11-18)19-12-6-3-7-13-19/h2-15,22,30H,16-17H2,1H3,(H,26,27)(H,28,29). The fraction of sp³-hybridized carbons (Fsp3) is 0.200. The highest BCUT2D eigenvalue weighted by Crippen LogP contribution is 2.31. The lowest BCUT2D eigenvalue weighted by atomic mass is 9.85. The van der Waals surface area contributed by atoms with Crippen LogP contribution in [0.25, 0.3) is 11.0 Å². The number of carbonyl (C=O) groups excluding carboxylic acids is 1. The number of nitrogens with zero attached hydrogens (tertiary/aromatic N) is 1. The Kier molecular flexibility index (Phi) is 6.39. The minimum atomic E-state index is -1.81. The molecule has 0 saturated carbocycles. The predicted octanol–water partition coefficient (Wildman–Crippen LogP) is 4.41. The summed E-state index contributed by atoms with van der Waals surface area (Å²) in [7, 11) is 0. The Morgan fingerprint density at radius 2 is 1.58 bits per heavy atom. The van der Waals surface area contributed by atoms with E-state index in [1.807, 2.05) is 66.9 Å². The Hall–Kier alpha value is -3.09. The summed E-state index contributed by atoms with van der Waals surface area (Å²) in [4.78, 5) is 21.6. The molecule has 0 aliphatic carbocycles. The largest absolute Gasteiger partial charge is 0.372 e. The lowest BCUT2D eigenvalue weighted by molar-refractivity contribution is -0.137. The predicted molar refractivity (Wildman–Crippen MR) is 126 cm³/mol. The second-order valence-corrected chi connectivity index (χ2v) is 8.37. The topological polar surface area (TPSA) is 78.0 Å². The highest BCUT2D eigenvalue weighted by molar-refractivity contribution is 7.98. The van der Waals surface area contributed by atoms with Gasteiger partial charge in [0.2, 0.25) is 0 Å². The van der Waals surface area contributed by atoms with E-state index in [-0.39, 0.29) is 6.04 Å². The van der Waals surface area contributed by atoms with Gasteiger partial charge in [0.15, 0.2) is 5.60 Å². The van der Waals surface area contributed by atoms with Crippen LogP contribution in [0.4, 0.5) is 0 Å². The number of benzene rings is 3. The summed E-state index contributed by atoms with van der Waals surface area (Å²) in [6, 6.07) is 25.5. The van der Waals surface area contributed by atoms with Crippen LogP contribution in [0.5, 0.6) is 0 Å². The van der Waals surface area contributed by atoms with Crippen LogP contribution in [0.15, 0.2) is 84.9 Å². The number of fused-ring (bicyclic) bond motifs is 1. The maximum Gasteiger partial charge on any atom is 0.262 e. The van der Waals surface area contributed by atoms with Gasteiger partial charge in [-0.05, 0) is 41.7 Å². The zero-order chi connectivity index (χ0) is 21.7. The van der Waals surface area contributed by atoms with Crippen molar-refractivity contribution in [2.75, 3.05) is 12.0 Å². The summed E-state index contributed by atoms with van der Waals surface area (Å²) in [6.45, 7) is 0. The number of aliphatic hydroxyl groups is 1. The minimum absolute atomic E-state index is 0.355. The van der Waals surface area contributed by atoms with Crippen LogP contribution in [0.2, 0.25) is 0 Å². The molecule has 0 radical (unpaired) electrons. The number of hydrogen-bond acceptors (Lipinski definition) is 4. The van der Waals surface area contributed by atoms with Gasteiger partial charge in [-0.2, -0.15) is 11.8 Å². The quantitative estimate of drug-likeness (QED) is 0.386. The van der Waals surface area contributed by atoms with Crippen molar-refractivity contribution < 1.29 is 9.90 Å². The van der Waals surface area contributed by atoms with E-state index in [4.69, 9.17) is 0 Å². The molecule has 31 heavy (non-hydrogen) atoms. The van der Waals surface area contributed by atoms with E-state index in [1.165, 1.54) is 0 Å². The molecule has 4 aromatic rings. The SMILES string of the molecule is CSCCC(NC(=O)C(O)(c1ccccc1)c1ccccc1)c1nc2ccccc2[nH]1. The summed E-state index contributed by atoms with van der Waals surface area (Å²) in [6.07, 6.45) is 2.72. The number of H-pyrrole nitrogens is 1. The molecule has 0 fully saturated rings. The molecule has 0 aliphatic heterocycles. The third-order valence-corrected chi connectivity index (χ3v) is 6.01. The first kappa shape index (κ1) is 21.2. The monoisotopic (exact) mass is 431 g/mol. The van der Waals surface area contributed by atoms with Gasteiger partial charge in [0, 0.05) is 0 Å². The molecule has 1 amide bonds. The van der Waals surface area contributed by atoms with Gasteiger partial charge in [-0.15, -0.1) is 0 Å². The van der Waals surface area contributed by atoms with E-state index in [9.17, 15) is 9.90 Å². The van der Waals surface area contributed by atoms with Gasteiger partial charge >= 0.3 is 0 Å². The molecule has 5 nitrogen and oxygen atoms in total. The van der Waals surface area contributed by atoms with Crippen LogP contribution in [-0.4, -0.2) is 33.0 Å². The molecule has 1 heterocycles. The Balaban J connectivity index is 1.71. The van der Waals surface area contributed by atoms with Crippen LogP contribution in [-0.2, 0) is 10.4 Å². The zero-order valence-electron chi connectivity index (χ0n) is 17.3. The molecule has 6 heteroatoms. The van der Waals surface area contributed by atoms with E-state index >= 15 is 0 Å². The summed E-state index contributed by atoms with van der Waals surface area (Å²) < 4.78 is 0. The van der Waals surface area contributed by atoms with Crippen molar-refractivity contribution in [1.82, 2.24) is 15.3 Å². The molecule has 1 atom stereocenters. The van der Waals surface area contributed by atoms with E-state index in [2.05, 4.69) is 15.3 Å². The van der Waals surface area contributed by atoms with Crippen LogP contribution in [0, 0.1) is 0 Å². The fourth-order valence-electron chi connectivity index (χ4n) is 3.70. The van der Waals surface area contributed by atoms with Crippen LogP contribution >= 0.6 is 11.8 Å². The minimum Gasteiger partial charge on any atom is -0.372 e. The second-order valence-electron chi connectivity index (χ2n) is 7.39.